The lowest BCUT2D eigenvalue weighted by atomic mass is 10.2. The number of halogens is 1. The largest absolute Gasteiger partial charge is 0.348 e. The summed E-state index contributed by atoms with van der Waals surface area (Å²) in [6.45, 7) is 2.34. The predicted octanol–water partition coefficient (Wildman–Crippen LogP) is 2.73. The van der Waals surface area contributed by atoms with E-state index in [0.29, 0.717) is 23.4 Å². The van der Waals surface area contributed by atoms with Crippen molar-refractivity contribution in [1.29, 1.82) is 0 Å². The number of amides is 1. The molecule has 0 radical (unpaired) electrons. The smallest absolute Gasteiger partial charge is 0.256 e. The molecule has 152 valence electrons. The maximum atomic E-state index is 12.7. The third-order valence-corrected chi connectivity index (χ3v) is 6.19. The summed E-state index contributed by atoms with van der Waals surface area (Å²) in [7, 11) is -2.20. The molecule has 0 aliphatic rings. The lowest BCUT2D eigenvalue weighted by Gasteiger charge is -2.08. The normalized spacial score (nSPS) is 11.4. The van der Waals surface area contributed by atoms with Gasteiger partial charge in [0, 0.05) is 6.54 Å². The third-order valence-electron chi connectivity index (χ3n) is 4.40. The molecule has 7 nitrogen and oxygen atoms in total. The quantitative estimate of drug-likeness (QED) is 0.600. The average Bonchev–Trinajstić information content (AvgIpc) is 3.00. The van der Waals surface area contributed by atoms with E-state index in [-0.39, 0.29) is 22.5 Å². The molecule has 29 heavy (non-hydrogen) atoms. The van der Waals surface area contributed by atoms with Gasteiger partial charge in [-0.15, -0.1) is 0 Å². The van der Waals surface area contributed by atoms with Gasteiger partial charge in [0.1, 0.15) is 5.15 Å². The van der Waals surface area contributed by atoms with E-state index in [9.17, 15) is 13.2 Å². The van der Waals surface area contributed by atoms with Gasteiger partial charge in [0.2, 0.25) is 10.0 Å². The molecule has 3 aromatic rings. The molecule has 0 bridgehead atoms. The van der Waals surface area contributed by atoms with Crippen molar-refractivity contribution < 1.29 is 13.2 Å². The van der Waals surface area contributed by atoms with Crippen LogP contribution in [0.2, 0.25) is 5.15 Å². The van der Waals surface area contributed by atoms with E-state index in [2.05, 4.69) is 15.1 Å². The molecule has 0 saturated heterocycles. The van der Waals surface area contributed by atoms with E-state index in [1.807, 2.05) is 30.3 Å². The van der Waals surface area contributed by atoms with Crippen LogP contribution in [0.3, 0.4) is 0 Å². The highest BCUT2D eigenvalue weighted by Gasteiger charge is 2.20. The molecule has 0 saturated carbocycles. The standard InChI is InChI=1S/C20H21ClN4O3S/c1-14-18(19(21)25(24-14)13-15-7-4-3-5-8-15)20(26)23-12-16-9-6-10-17(11-16)29(27,28)22-2/h3-11,22H,12-13H2,1-2H3,(H,23,26). The summed E-state index contributed by atoms with van der Waals surface area (Å²) in [5, 5.41) is 7.41. The Morgan fingerprint density at radius 2 is 1.79 bits per heavy atom. The second-order valence-electron chi connectivity index (χ2n) is 6.43. The number of carbonyl (C=O) groups is 1. The molecule has 1 heterocycles. The minimum Gasteiger partial charge on any atom is -0.348 e. The number of rotatable bonds is 7. The molecule has 0 atom stereocenters. The van der Waals surface area contributed by atoms with Crippen LogP contribution in [0.4, 0.5) is 0 Å². The van der Waals surface area contributed by atoms with Crippen LogP contribution in [0.1, 0.15) is 27.2 Å². The van der Waals surface area contributed by atoms with Crippen LogP contribution in [-0.4, -0.2) is 31.2 Å². The van der Waals surface area contributed by atoms with Gasteiger partial charge in [-0.2, -0.15) is 5.10 Å². The zero-order valence-corrected chi connectivity index (χ0v) is 17.6. The Kier molecular flexibility index (Phi) is 6.36. The van der Waals surface area contributed by atoms with Gasteiger partial charge in [-0.25, -0.2) is 17.8 Å². The number of nitrogens with one attached hydrogen (secondary N) is 2. The summed E-state index contributed by atoms with van der Waals surface area (Å²) in [6.07, 6.45) is 0. The van der Waals surface area contributed by atoms with Crippen molar-refractivity contribution in [1.82, 2.24) is 19.8 Å². The SMILES string of the molecule is CNS(=O)(=O)c1cccc(CNC(=O)c2c(C)nn(Cc3ccccc3)c2Cl)c1. The van der Waals surface area contributed by atoms with E-state index in [0.717, 1.165) is 5.56 Å². The Morgan fingerprint density at radius 3 is 2.48 bits per heavy atom. The summed E-state index contributed by atoms with van der Waals surface area (Å²) in [5.41, 5.74) is 2.50. The third kappa shape index (κ3) is 4.84. The summed E-state index contributed by atoms with van der Waals surface area (Å²) in [5.74, 6) is -0.367. The molecule has 0 unspecified atom stereocenters. The van der Waals surface area contributed by atoms with Crippen LogP contribution < -0.4 is 10.0 Å². The topological polar surface area (TPSA) is 93.1 Å². The van der Waals surface area contributed by atoms with Gasteiger partial charge >= 0.3 is 0 Å². The zero-order valence-electron chi connectivity index (χ0n) is 16.0. The first-order valence-electron chi connectivity index (χ1n) is 8.89. The van der Waals surface area contributed by atoms with E-state index in [1.54, 1.807) is 23.7 Å². The fourth-order valence-corrected chi connectivity index (χ4v) is 4.00. The average molecular weight is 433 g/mol. The van der Waals surface area contributed by atoms with Crippen molar-refractivity contribution in [3.63, 3.8) is 0 Å². The predicted molar refractivity (Wildman–Crippen MR) is 111 cm³/mol. The molecule has 2 aromatic carbocycles. The first-order chi connectivity index (χ1) is 13.8. The van der Waals surface area contributed by atoms with Crippen LogP contribution in [0.25, 0.3) is 0 Å². The maximum absolute atomic E-state index is 12.7. The number of sulfonamides is 1. The van der Waals surface area contributed by atoms with E-state index in [1.165, 1.54) is 19.2 Å². The number of nitrogens with zero attached hydrogens (tertiary/aromatic N) is 2. The van der Waals surface area contributed by atoms with E-state index < -0.39 is 10.0 Å². The summed E-state index contributed by atoms with van der Waals surface area (Å²) in [6, 6.07) is 16.1. The van der Waals surface area contributed by atoms with Crippen LogP contribution in [-0.2, 0) is 23.1 Å². The lowest BCUT2D eigenvalue weighted by Crippen LogP contribution is -2.24. The summed E-state index contributed by atoms with van der Waals surface area (Å²) >= 11 is 6.41. The van der Waals surface area contributed by atoms with Crippen LogP contribution in [0.15, 0.2) is 59.5 Å². The molecule has 2 N–H and O–H groups in total. The van der Waals surface area contributed by atoms with E-state index >= 15 is 0 Å². The molecule has 3 rings (SSSR count). The van der Waals surface area contributed by atoms with E-state index in [4.69, 9.17) is 11.6 Å². The van der Waals surface area contributed by atoms with Crippen LogP contribution in [0, 0.1) is 6.92 Å². The molecule has 9 heteroatoms. The molecular weight excluding hydrogens is 412 g/mol. The van der Waals surface area contributed by atoms with Crippen molar-refractivity contribution in [2.45, 2.75) is 24.9 Å². The minimum absolute atomic E-state index is 0.136. The van der Waals surface area contributed by atoms with Crippen LogP contribution in [0.5, 0.6) is 0 Å². The fraction of sp³-hybridized carbons (Fsp3) is 0.200. The number of aryl methyl sites for hydroxylation is 1. The Morgan fingerprint density at radius 1 is 1.10 bits per heavy atom. The number of benzene rings is 2. The first-order valence-corrected chi connectivity index (χ1v) is 10.8. The molecular formula is C20H21ClN4O3S. The summed E-state index contributed by atoms with van der Waals surface area (Å²) < 4.78 is 27.7. The molecule has 0 spiro atoms. The highest BCUT2D eigenvalue weighted by Crippen LogP contribution is 2.21. The second kappa shape index (κ2) is 8.77. The maximum Gasteiger partial charge on any atom is 0.256 e. The van der Waals surface area contributed by atoms with Gasteiger partial charge in [-0.05, 0) is 37.2 Å². The Hall–Kier alpha value is -2.68. The molecule has 1 aromatic heterocycles. The number of aromatic nitrogens is 2. The van der Waals surface area contributed by atoms with Crippen molar-refractivity contribution in [2.75, 3.05) is 7.05 Å². The lowest BCUT2D eigenvalue weighted by molar-refractivity contribution is 0.0950. The summed E-state index contributed by atoms with van der Waals surface area (Å²) in [4.78, 5) is 12.8. The second-order valence-corrected chi connectivity index (χ2v) is 8.68. The van der Waals surface area contributed by atoms with Crippen molar-refractivity contribution in [3.8, 4) is 0 Å². The van der Waals surface area contributed by atoms with Crippen LogP contribution >= 0.6 is 11.6 Å². The van der Waals surface area contributed by atoms with Gasteiger partial charge in [0.05, 0.1) is 22.7 Å². The monoisotopic (exact) mass is 432 g/mol. The number of hydrogen-bond donors (Lipinski definition) is 2. The first kappa shape index (κ1) is 21.0. The highest BCUT2D eigenvalue weighted by atomic mass is 35.5. The van der Waals surface area contributed by atoms with Gasteiger partial charge < -0.3 is 5.32 Å². The molecule has 0 aliphatic carbocycles. The molecule has 0 fully saturated rings. The minimum atomic E-state index is -3.55. The van der Waals surface area contributed by atoms with Crippen molar-refractivity contribution in [3.05, 3.63) is 82.1 Å². The Bertz CT molecular complexity index is 1130. The highest BCUT2D eigenvalue weighted by molar-refractivity contribution is 7.89. The molecule has 1 amide bonds. The van der Waals surface area contributed by atoms with Gasteiger partial charge in [-0.1, -0.05) is 54.1 Å². The zero-order chi connectivity index (χ0) is 21.0. The van der Waals surface area contributed by atoms with Gasteiger partial charge in [0.25, 0.3) is 5.91 Å². The number of hydrogen-bond acceptors (Lipinski definition) is 4. The molecule has 0 aliphatic heterocycles. The fourth-order valence-electron chi connectivity index (χ4n) is 2.88. The number of carbonyl (C=O) groups excluding carboxylic acids is 1. The van der Waals surface area contributed by atoms with Gasteiger partial charge in [-0.3, -0.25) is 4.79 Å². The van der Waals surface area contributed by atoms with Crippen molar-refractivity contribution in [2.24, 2.45) is 0 Å². The Balaban J connectivity index is 1.74. The Labute approximate surface area is 174 Å². The van der Waals surface area contributed by atoms with Crippen molar-refractivity contribution >= 4 is 27.5 Å². The van der Waals surface area contributed by atoms with Gasteiger partial charge in [0.15, 0.2) is 0 Å².